The number of nitrogens with two attached hydrogens (primary N) is 1. The van der Waals surface area contributed by atoms with Crippen molar-refractivity contribution in [3.05, 3.63) is 36.2 Å². The first kappa shape index (κ1) is 11.4. The molecule has 1 heterocycles. The number of allylic oxidation sites excluding steroid dienone is 1. The van der Waals surface area contributed by atoms with Gasteiger partial charge in [0.05, 0.1) is 0 Å². The quantitative estimate of drug-likeness (QED) is 0.749. The number of hydrogen-bond acceptors (Lipinski definition) is 3. The van der Waals surface area contributed by atoms with Gasteiger partial charge in [0.1, 0.15) is 0 Å². The van der Waals surface area contributed by atoms with Gasteiger partial charge in [0.25, 0.3) is 0 Å². The van der Waals surface area contributed by atoms with Gasteiger partial charge in [0.2, 0.25) is 0 Å². The van der Waals surface area contributed by atoms with Crippen molar-refractivity contribution in [2.75, 3.05) is 0 Å². The zero-order valence-electron chi connectivity index (χ0n) is 9.32. The molecular weight excluding hydrogens is 188 g/mol. The van der Waals surface area contributed by atoms with E-state index in [1.165, 1.54) is 6.08 Å². The van der Waals surface area contributed by atoms with Gasteiger partial charge in [0, 0.05) is 35.1 Å². The molecule has 0 spiro atoms. The first-order valence-corrected chi connectivity index (χ1v) is 4.83. The van der Waals surface area contributed by atoms with Crippen LogP contribution < -0.4 is 5.73 Å². The van der Waals surface area contributed by atoms with Crippen LogP contribution in [0.1, 0.15) is 26.3 Å². The minimum atomic E-state index is -0.391. The molecule has 2 N–H and O–H groups in total. The highest BCUT2D eigenvalue weighted by Gasteiger charge is 2.19. The van der Waals surface area contributed by atoms with Crippen LogP contribution in [-0.4, -0.2) is 10.8 Å². The van der Waals surface area contributed by atoms with E-state index in [0.29, 0.717) is 5.70 Å². The number of hydrogen-bond donors (Lipinski definition) is 1. The summed E-state index contributed by atoms with van der Waals surface area (Å²) in [6, 6.07) is 3.56. The van der Waals surface area contributed by atoms with E-state index in [1.54, 1.807) is 24.5 Å². The summed E-state index contributed by atoms with van der Waals surface area (Å²) in [7, 11) is 0. The number of pyridine rings is 1. The van der Waals surface area contributed by atoms with E-state index in [-0.39, 0.29) is 5.78 Å². The maximum atomic E-state index is 11.7. The van der Waals surface area contributed by atoms with Crippen LogP contribution in [0.25, 0.3) is 5.70 Å². The Balaban J connectivity index is 2.91. The predicted molar refractivity (Wildman–Crippen MR) is 60.9 cm³/mol. The Hall–Kier alpha value is -1.64. The second-order valence-corrected chi connectivity index (χ2v) is 4.45. The van der Waals surface area contributed by atoms with Crippen molar-refractivity contribution in [1.29, 1.82) is 0 Å². The molecule has 0 aromatic carbocycles. The van der Waals surface area contributed by atoms with Crippen LogP contribution in [0.3, 0.4) is 0 Å². The van der Waals surface area contributed by atoms with Crippen molar-refractivity contribution in [1.82, 2.24) is 4.98 Å². The van der Waals surface area contributed by atoms with Crippen LogP contribution >= 0.6 is 0 Å². The summed E-state index contributed by atoms with van der Waals surface area (Å²) >= 11 is 0. The van der Waals surface area contributed by atoms with Crippen molar-refractivity contribution < 1.29 is 4.79 Å². The van der Waals surface area contributed by atoms with E-state index in [1.807, 2.05) is 20.8 Å². The minimum absolute atomic E-state index is 0.0248. The molecule has 0 fully saturated rings. The molecule has 1 aromatic rings. The lowest BCUT2D eigenvalue weighted by atomic mass is 9.90. The Morgan fingerprint density at radius 2 is 1.87 bits per heavy atom. The number of ketones is 1. The van der Waals surface area contributed by atoms with Crippen LogP contribution in [0.4, 0.5) is 0 Å². The van der Waals surface area contributed by atoms with E-state index in [4.69, 9.17) is 5.73 Å². The summed E-state index contributed by atoms with van der Waals surface area (Å²) < 4.78 is 0. The molecule has 0 saturated carbocycles. The van der Waals surface area contributed by atoms with Gasteiger partial charge in [-0.15, -0.1) is 0 Å². The fourth-order valence-corrected chi connectivity index (χ4v) is 0.985. The fourth-order valence-electron chi connectivity index (χ4n) is 0.985. The highest BCUT2D eigenvalue weighted by atomic mass is 16.1. The molecule has 80 valence electrons. The Morgan fingerprint density at radius 3 is 2.33 bits per heavy atom. The van der Waals surface area contributed by atoms with E-state index in [0.717, 1.165) is 5.56 Å². The molecule has 1 aromatic heterocycles. The maximum absolute atomic E-state index is 11.7. The number of carbonyl (C=O) groups is 1. The second kappa shape index (κ2) is 4.26. The van der Waals surface area contributed by atoms with Gasteiger partial charge in [-0.3, -0.25) is 9.78 Å². The molecule has 1 rings (SSSR count). The topological polar surface area (TPSA) is 56.0 Å². The molecule has 0 aliphatic heterocycles. The average molecular weight is 204 g/mol. The van der Waals surface area contributed by atoms with Crippen LogP contribution in [0, 0.1) is 5.41 Å². The molecule has 0 radical (unpaired) electrons. The van der Waals surface area contributed by atoms with E-state index in [9.17, 15) is 4.79 Å². The molecule has 3 heteroatoms. The molecule has 0 saturated heterocycles. The van der Waals surface area contributed by atoms with Crippen molar-refractivity contribution in [3.63, 3.8) is 0 Å². The van der Waals surface area contributed by atoms with Gasteiger partial charge < -0.3 is 5.73 Å². The second-order valence-electron chi connectivity index (χ2n) is 4.45. The Kier molecular flexibility index (Phi) is 3.24. The Labute approximate surface area is 90.0 Å². The third kappa shape index (κ3) is 3.20. The van der Waals surface area contributed by atoms with Crippen molar-refractivity contribution >= 4 is 11.5 Å². The number of aromatic nitrogens is 1. The molecule has 0 aliphatic rings. The molecule has 15 heavy (non-hydrogen) atoms. The van der Waals surface area contributed by atoms with Crippen molar-refractivity contribution in [3.8, 4) is 0 Å². The summed E-state index contributed by atoms with van der Waals surface area (Å²) in [5.74, 6) is 0.0248. The summed E-state index contributed by atoms with van der Waals surface area (Å²) in [5.41, 5.74) is 6.72. The lowest BCUT2D eigenvalue weighted by molar-refractivity contribution is -0.121. The largest absolute Gasteiger partial charge is 0.398 e. The third-order valence-corrected chi connectivity index (χ3v) is 2.04. The highest BCUT2D eigenvalue weighted by Crippen LogP contribution is 2.17. The zero-order chi connectivity index (χ0) is 11.5. The molecule has 3 nitrogen and oxygen atoms in total. The van der Waals surface area contributed by atoms with Crippen LogP contribution in [0.2, 0.25) is 0 Å². The van der Waals surface area contributed by atoms with Gasteiger partial charge in [-0.1, -0.05) is 20.8 Å². The molecule has 0 amide bonds. The molecule has 0 unspecified atom stereocenters. The van der Waals surface area contributed by atoms with Gasteiger partial charge in [-0.2, -0.15) is 0 Å². The molecule has 0 aliphatic carbocycles. The molecular formula is C12H16N2O. The Morgan fingerprint density at radius 1 is 1.33 bits per heavy atom. The lowest BCUT2D eigenvalue weighted by Gasteiger charge is -2.14. The van der Waals surface area contributed by atoms with Gasteiger partial charge in [-0.25, -0.2) is 0 Å². The van der Waals surface area contributed by atoms with Gasteiger partial charge in [0.15, 0.2) is 5.78 Å². The average Bonchev–Trinajstić information content (AvgIpc) is 2.17. The smallest absolute Gasteiger partial charge is 0.163 e. The van der Waals surface area contributed by atoms with E-state index < -0.39 is 5.41 Å². The lowest BCUT2D eigenvalue weighted by Crippen LogP contribution is -2.18. The molecule has 0 atom stereocenters. The summed E-state index contributed by atoms with van der Waals surface area (Å²) in [6.07, 6.45) is 4.78. The predicted octanol–water partition coefficient (Wildman–Crippen LogP) is 2.00. The number of nitrogens with zero attached hydrogens (tertiary/aromatic N) is 1. The standard InChI is InChI=1S/C12H16N2O/c1-12(2,3)11(15)8-10(13)9-4-6-14-7-5-9/h4-8H,13H2,1-3H3. The van der Waals surface area contributed by atoms with E-state index in [2.05, 4.69) is 4.98 Å². The van der Waals surface area contributed by atoms with Crippen molar-refractivity contribution in [2.45, 2.75) is 20.8 Å². The summed E-state index contributed by atoms with van der Waals surface area (Å²) in [6.45, 7) is 5.60. The fraction of sp³-hybridized carbons (Fsp3) is 0.333. The summed E-state index contributed by atoms with van der Waals surface area (Å²) in [4.78, 5) is 15.6. The minimum Gasteiger partial charge on any atom is -0.398 e. The molecule has 0 bridgehead atoms. The highest BCUT2D eigenvalue weighted by molar-refractivity contribution is 5.99. The third-order valence-electron chi connectivity index (χ3n) is 2.04. The Bertz CT molecular complexity index is 374. The monoisotopic (exact) mass is 204 g/mol. The number of rotatable bonds is 2. The SMILES string of the molecule is CC(C)(C)C(=O)C=C(N)c1ccncc1. The normalized spacial score (nSPS) is 12.6. The van der Waals surface area contributed by atoms with Crippen LogP contribution in [0.5, 0.6) is 0 Å². The van der Waals surface area contributed by atoms with Gasteiger partial charge >= 0.3 is 0 Å². The van der Waals surface area contributed by atoms with Crippen LogP contribution in [-0.2, 0) is 4.79 Å². The zero-order valence-corrected chi connectivity index (χ0v) is 9.32. The van der Waals surface area contributed by atoms with Crippen LogP contribution in [0.15, 0.2) is 30.6 Å². The maximum Gasteiger partial charge on any atom is 0.163 e. The first-order chi connectivity index (χ1) is 6.91. The van der Waals surface area contributed by atoms with Crippen molar-refractivity contribution in [2.24, 2.45) is 11.1 Å². The first-order valence-electron chi connectivity index (χ1n) is 4.83. The van der Waals surface area contributed by atoms with E-state index >= 15 is 0 Å². The number of carbonyl (C=O) groups excluding carboxylic acids is 1. The summed E-state index contributed by atoms with van der Waals surface area (Å²) in [5, 5.41) is 0. The van der Waals surface area contributed by atoms with Gasteiger partial charge in [-0.05, 0) is 12.1 Å².